The van der Waals surface area contributed by atoms with Gasteiger partial charge in [-0.1, -0.05) is 19.8 Å². The number of rotatable bonds is 3. The van der Waals surface area contributed by atoms with E-state index in [4.69, 9.17) is 5.73 Å². The van der Waals surface area contributed by atoms with Crippen LogP contribution in [0.3, 0.4) is 0 Å². The Hall–Kier alpha value is -0.0800. The van der Waals surface area contributed by atoms with Crippen LogP contribution in [0.15, 0.2) is 0 Å². The van der Waals surface area contributed by atoms with Crippen LogP contribution in [0.5, 0.6) is 0 Å². The molecular weight excluding hydrogens is 172 g/mol. The fourth-order valence-corrected chi connectivity index (χ4v) is 3.18. The van der Waals surface area contributed by atoms with E-state index < -0.39 is 0 Å². The van der Waals surface area contributed by atoms with Crippen molar-refractivity contribution in [1.82, 2.24) is 4.90 Å². The predicted molar refractivity (Wildman–Crippen MR) is 60.2 cm³/mol. The van der Waals surface area contributed by atoms with Crippen LogP contribution in [0.2, 0.25) is 0 Å². The highest BCUT2D eigenvalue weighted by atomic mass is 15.2. The van der Waals surface area contributed by atoms with Gasteiger partial charge >= 0.3 is 0 Å². The average molecular weight is 196 g/mol. The van der Waals surface area contributed by atoms with Crippen LogP contribution in [0.4, 0.5) is 0 Å². The van der Waals surface area contributed by atoms with Gasteiger partial charge in [-0.05, 0) is 50.2 Å². The lowest BCUT2D eigenvalue weighted by Gasteiger charge is -2.45. The molecule has 2 heteroatoms. The monoisotopic (exact) mass is 196 g/mol. The van der Waals surface area contributed by atoms with Crippen LogP contribution >= 0.6 is 0 Å². The Balaban J connectivity index is 1.92. The summed E-state index contributed by atoms with van der Waals surface area (Å²) in [5.41, 5.74) is 6.47. The minimum absolute atomic E-state index is 0.470. The molecular formula is C12H24N2. The predicted octanol–water partition coefficient (Wildman–Crippen LogP) is 1.85. The van der Waals surface area contributed by atoms with Gasteiger partial charge in [-0.15, -0.1) is 0 Å². The maximum absolute atomic E-state index is 6.00. The Bertz CT molecular complexity index is 189. The zero-order valence-electron chi connectivity index (χ0n) is 9.47. The Morgan fingerprint density at radius 2 is 2.14 bits per heavy atom. The van der Waals surface area contributed by atoms with E-state index >= 15 is 0 Å². The SMILES string of the molecule is CC1CCCC(CN)(CN2CCC2)C1. The first-order valence-corrected chi connectivity index (χ1v) is 6.16. The third-order valence-corrected chi connectivity index (χ3v) is 4.13. The molecule has 82 valence electrons. The number of hydrogen-bond acceptors (Lipinski definition) is 2. The van der Waals surface area contributed by atoms with E-state index in [-0.39, 0.29) is 0 Å². The molecule has 0 aromatic carbocycles. The van der Waals surface area contributed by atoms with E-state index in [0.29, 0.717) is 5.41 Å². The first kappa shape index (κ1) is 10.4. The first-order chi connectivity index (χ1) is 6.74. The molecule has 2 aliphatic rings. The molecule has 0 amide bonds. The maximum atomic E-state index is 6.00. The molecule has 2 nitrogen and oxygen atoms in total. The highest BCUT2D eigenvalue weighted by molar-refractivity contribution is 4.90. The molecule has 14 heavy (non-hydrogen) atoms. The van der Waals surface area contributed by atoms with Crippen LogP contribution in [-0.4, -0.2) is 31.1 Å². The minimum Gasteiger partial charge on any atom is -0.330 e. The molecule has 2 N–H and O–H groups in total. The van der Waals surface area contributed by atoms with Gasteiger partial charge in [0, 0.05) is 6.54 Å². The van der Waals surface area contributed by atoms with Crippen molar-refractivity contribution in [2.75, 3.05) is 26.2 Å². The Labute approximate surface area is 87.8 Å². The second-order valence-corrected chi connectivity index (χ2v) is 5.54. The quantitative estimate of drug-likeness (QED) is 0.746. The normalized spacial score (nSPS) is 39.4. The third-order valence-electron chi connectivity index (χ3n) is 4.13. The van der Waals surface area contributed by atoms with Gasteiger partial charge in [0.15, 0.2) is 0 Å². The van der Waals surface area contributed by atoms with E-state index in [2.05, 4.69) is 11.8 Å². The molecule has 1 aliphatic heterocycles. The molecule has 2 fully saturated rings. The van der Waals surface area contributed by atoms with Crippen LogP contribution < -0.4 is 5.73 Å². The molecule has 0 bridgehead atoms. The molecule has 1 aliphatic carbocycles. The first-order valence-electron chi connectivity index (χ1n) is 6.16. The highest BCUT2D eigenvalue weighted by Crippen LogP contribution is 2.39. The molecule has 1 saturated carbocycles. The van der Waals surface area contributed by atoms with Crippen molar-refractivity contribution >= 4 is 0 Å². The second-order valence-electron chi connectivity index (χ2n) is 5.54. The fraction of sp³-hybridized carbons (Fsp3) is 1.00. The summed E-state index contributed by atoms with van der Waals surface area (Å²) in [4.78, 5) is 2.59. The number of nitrogens with zero attached hydrogens (tertiary/aromatic N) is 1. The van der Waals surface area contributed by atoms with Gasteiger partial charge < -0.3 is 10.6 Å². The Kier molecular flexibility index (Phi) is 3.13. The second kappa shape index (κ2) is 4.19. The van der Waals surface area contributed by atoms with E-state index in [9.17, 15) is 0 Å². The summed E-state index contributed by atoms with van der Waals surface area (Å²) in [6, 6.07) is 0. The minimum atomic E-state index is 0.470. The lowest BCUT2D eigenvalue weighted by molar-refractivity contribution is 0.0567. The largest absolute Gasteiger partial charge is 0.330 e. The van der Waals surface area contributed by atoms with Crippen molar-refractivity contribution in [2.45, 2.75) is 39.0 Å². The van der Waals surface area contributed by atoms with Crippen molar-refractivity contribution in [3.8, 4) is 0 Å². The molecule has 0 aromatic heterocycles. The summed E-state index contributed by atoms with van der Waals surface area (Å²) in [7, 11) is 0. The zero-order valence-corrected chi connectivity index (χ0v) is 9.47. The van der Waals surface area contributed by atoms with E-state index in [0.717, 1.165) is 12.5 Å². The summed E-state index contributed by atoms with van der Waals surface area (Å²) in [5, 5.41) is 0. The number of nitrogens with two attached hydrogens (primary N) is 1. The van der Waals surface area contributed by atoms with Crippen LogP contribution in [0.25, 0.3) is 0 Å². The van der Waals surface area contributed by atoms with E-state index in [1.54, 1.807) is 0 Å². The summed E-state index contributed by atoms with van der Waals surface area (Å²) in [6.07, 6.45) is 6.94. The summed E-state index contributed by atoms with van der Waals surface area (Å²) >= 11 is 0. The summed E-state index contributed by atoms with van der Waals surface area (Å²) < 4.78 is 0. The molecule has 0 aromatic rings. The molecule has 1 heterocycles. The van der Waals surface area contributed by atoms with Crippen molar-refractivity contribution in [1.29, 1.82) is 0 Å². The van der Waals surface area contributed by atoms with Crippen LogP contribution in [-0.2, 0) is 0 Å². The van der Waals surface area contributed by atoms with Gasteiger partial charge in [0.2, 0.25) is 0 Å². The smallest absolute Gasteiger partial charge is 0.00502 e. The molecule has 0 spiro atoms. The van der Waals surface area contributed by atoms with Gasteiger partial charge in [-0.3, -0.25) is 0 Å². The van der Waals surface area contributed by atoms with Crippen molar-refractivity contribution in [3.05, 3.63) is 0 Å². The highest BCUT2D eigenvalue weighted by Gasteiger charge is 2.36. The molecule has 2 atom stereocenters. The van der Waals surface area contributed by atoms with Crippen LogP contribution in [0, 0.1) is 11.3 Å². The van der Waals surface area contributed by atoms with Crippen molar-refractivity contribution in [2.24, 2.45) is 17.1 Å². The van der Waals surface area contributed by atoms with Gasteiger partial charge in [0.05, 0.1) is 0 Å². The van der Waals surface area contributed by atoms with Gasteiger partial charge in [0.1, 0.15) is 0 Å². The lowest BCUT2D eigenvalue weighted by atomic mass is 9.69. The Morgan fingerprint density at radius 1 is 1.36 bits per heavy atom. The van der Waals surface area contributed by atoms with Crippen molar-refractivity contribution in [3.63, 3.8) is 0 Å². The van der Waals surface area contributed by atoms with Gasteiger partial charge in [0.25, 0.3) is 0 Å². The zero-order chi connectivity index (χ0) is 10.0. The third kappa shape index (κ3) is 2.12. The molecule has 2 rings (SSSR count). The maximum Gasteiger partial charge on any atom is 0.00502 e. The average Bonchev–Trinajstić information content (AvgIpc) is 2.12. The van der Waals surface area contributed by atoms with Crippen molar-refractivity contribution < 1.29 is 0 Å². The molecule has 1 saturated heterocycles. The van der Waals surface area contributed by atoms with E-state index in [1.165, 1.54) is 51.7 Å². The standard InChI is InChI=1S/C12H24N2/c1-11-4-2-5-12(8-11,9-13)10-14-6-3-7-14/h11H,2-10,13H2,1H3. The number of hydrogen-bond donors (Lipinski definition) is 1. The molecule has 2 unspecified atom stereocenters. The summed E-state index contributed by atoms with van der Waals surface area (Å²) in [6.45, 7) is 7.19. The Morgan fingerprint density at radius 3 is 2.64 bits per heavy atom. The fourth-order valence-electron chi connectivity index (χ4n) is 3.18. The number of likely N-dealkylation sites (tertiary alicyclic amines) is 1. The molecule has 0 radical (unpaired) electrons. The lowest BCUT2D eigenvalue weighted by Crippen LogP contribution is -2.49. The summed E-state index contributed by atoms with van der Waals surface area (Å²) in [5.74, 6) is 0.897. The van der Waals surface area contributed by atoms with E-state index in [1.807, 2.05) is 0 Å². The topological polar surface area (TPSA) is 29.3 Å². The van der Waals surface area contributed by atoms with Crippen LogP contribution in [0.1, 0.15) is 39.0 Å². The van der Waals surface area contributed by atoms with Gasteiger partial charge in [-0.2, -0.15) is 0 Å². The van der Waals surface area contributed by atoms with Gasteiger partial charge in [-0.25, -0.2) is 0 Å².